The van der Waals surface area contributed by atoms with Crippen LogP contribution < -0.4 is 20.7 Å². The van der Waals surface area contributed by atoms with Crippen molar-refractivity contribution < 1.29 is 19.4 Å². The molecule has 3 aromatic carbocycles. The van der Waals surface area contributed by atoms with E-state index >= 15 is 0 Å². The van der Waals surface area contributed by atoms with E-state index < -0.39 is 5.97 Å². The Balaban J connectivity index is 1.01. The number of benzene rings is 3. The van der Waals surface area contributed by atoms with Crippen LogP contribution in [0.5, 0.6) is 5.75 Å². The Labute approximate surface area is 268 Å². The van der Waals surface area contributed by atoms with Crippen LogP contribution in [-0.4, -0.2) is 40.1 Å². The van der Waals surface area contributed by atoms with Gasteiger partial charge in [0.25, 0.3) is 5.91 Å². The Hall–Kier alpha value is -4.32. The number of rotatable bonds is 10. The minimum absolute atomic E-state index is 0.0840. The number of para-hydroxylation sites is 1. The van der Waals surface area contributed by atoms with Gasteiger partial charge in [0.2, 0.25) is 0 Å². The summed E-state index contributed by atoms with van der Waals surface area (Å²) in [6, 6.07) is 21.6. The number of nitrogens with zero attached hydrogens (tertiary/aromatic N) is 3. The third-order valence-electron chi connectivity index (χ3n) is 8.68. The van der Waals surface area contributed by atoms with Crippen LogP contribution in [0.1, 0.15) is 68.1 Å². The van der Waals surface area contributed by atoms with Gasteiger partial charge in [0, 0.05) is 29.1 Å². The number of anilines is 2. The summed E-state index contributed by atoms with van der Waals surface area (Å²) in [7, 11) is 0. The zero-order valence-electron chi connectivity index (χ0n) is 24.6. The molecule has 1 aliphatic carbocycles. The molecule has 9 nitrogen and oxygen atoms in total. The third-order valence-corrected chi connectivity index (χ3v) is 10.8. The molecule has 0 saturated heterocycles. The number of fused-ring (bicyclic) bond motifs is 2. The molecule has 4 N–H and O–H groups in total. The van der Waals surface area contributed by atoms with Crippen LogP contribution in [0.15, 0.2) is 66.7 Å². The molecular formula is C34H33N5O4S2. The number of ether oxygens (including phenoxy) is 1. The summed E-state index contributed by atoms with van der Waals surface area (Å²) in [6.45, 7) is 1.61. The minimum Gasteiger partial charge on any atom is -0.494 e. The highest BCUT2D eigenvalue weighted by Gasteiger charge is 2.34. The number of thiazole rings is 2. The molecule has 1 aliphatic heterocycles. The standard InChI is InChI=1S/C34H33N5O4S2/c35-34(16-5-17-34)22-11-13-23(14-12-22)43-19-4-10-28-29(31(41)42)37-33(45-28)39-18-15-21-6-3-7-24(25(21)20-39)30(40)38-32-36-26-8-1-2-9-27(26)44-32/h1-3,6-9,11-14H,4-5,10,15-20,35H2,(H,41,42)(H,36,38,40). The van der Waals surface area contributed by atoms with Crippen LogP contribution in [0.3, 0.4) is 0 Å². The number of nitrogens with one attached hydrogen (secondary N) is 1. The lowest BCUT2D eigenvalue weighted by Crippen LogP contribution is -2.43. The van der Waals surface area contributed by atoms with Crippen LogP contribution in [0, 0.1) is 0 Å². The van der Waals surface area contributed by atoms with Gasteiger partial charge in [-0.2, -0.15) is 0 Å². The van der Waals surface area contributed by atoms with Crippen molar-refractivity contribution in [3.05, 3.63) is 99.6 Å². The maximum atomic E-state index is 13.4. The average molecular weight is 640 g/mol. The van der Waals surface area contributed by atoms with Gasteiger partial charge in [-0.15, -0.1) is 11.3 Å². The van der Waals surface area contributed by atoms with Crippen molar-refractivity contribution >= 4 is 55.0 Å². The molecule has 230 valence electrons. The van der Waals surface area contributed by atoms with E-state index in [0.29, 0.717) is 48.4 Å². The van der Waals surface area contributed by atoms with E-state index in [9.17, 15) is 14.7 Å². The highest BCUT2D eigenvalue weighted by atomic mass is 32.1. The molecule has 1 fully saturated rings. The Morgan fingerprint density at radius 3 is 2.60 bits per heavy atom. The Kier molecular flexibility index (Phi) is 7.99. The Morgan fingerprint density at radius 2 is 1.84 bits per heavy atom. The van der Waals surface area contributed by atoms with Gasteiger partial charge in [-0.05, 0) is 85.5 Å². The number of hydrogen-bond donors (Lipinski definition) is 3. The molecule has 45 heavy (non-hydrogen) atoms. The number of aryl methyl sites for hydroxylation is 1. The number of carbonyl (C=O) groups excluding carboxylic acids is 1. The van der Waals surface area contributed by atoms with Gasteiger partial charge in [-0.1, -0.05) is 47.7 Å². The summed E-state index contributed by atoms with van der Waals surface area (Å²) >= 11 is 2.85. The molecule has 2 aliphatic rings. The average Bonchev–Trinajstić information content (AvgIpc) is 3.66. The number of carboxylic acids is 1. The number of hydrogen-bond acceptors (Lipinski definition) is 9. The van der Waals surface area contributed by atoms with Gasteiger partial charge < -0.3 is 20.5 Å². The second-order valence-corrected chi connectivity index (χ2v) is 13.7. The molecule has 3 heterocycles. The fourth-order valence-electron chi connectivity index (χ4n) is 6.01. The maximum Gasteiger partial charge on any atom is 0.355 e. The van der Waals surface area contributed by atoms with Crippen molar-refractivity contribution in [3.8, 4) is 5.75 Å². The molecule has 7 rings (SSSR count). The molecule has 5 aromatic rings. The molecule has 1 amide bonds. The van der Waals surface area contributed by atoms with Gasteiger partial charge in [-0.25, -0.2) is 14.8 Å². The largest absolute Gasteiger partial charge is 0.494 e. The molecule has 11 heteroatoms. The van der Waals surface area contributed by atoms with Crippen LogP contribution in [0.25, 0.3) is 10.2 Å². The number of aromatic carboxylic acids is 1. The normalized spacial score (nSPS) is 15.4. The smallest absolute Gasteiger partial charge is 0.355 e. The second kappa shape index (κ2) is 12.2. The van der Waals surface area contributed by atoms with E-state index in [1.165, 1.54) is 29.1 Å². The van der Waals surface area contributed by atoms with Crippen LogP contribution in [0.2, 0.25) is 0 Å². The molecule has 1 saturated carbocycles. The summed E-state index contributed by atoms with van der Waals surface area (Å²) in [5, 5.41) is 14.1. The van der Waals surface area contributed by atoms with E-state index in [2.05, 4.69) is 20.2 Å². The SMILES string of the molecule is NC1(c2ccc(OCCCc3sc(N4CCc5cccc(C(=O)Nc6nc7ccccc7s6)c5C4)nc3C(=O)O)cc2)CCC1. The number of carboxylic acid groups (broad SMARTS) is 1. The second-order valence-electron chi connectivity index (χ2n) is 11.6. The van der Waals surface area contributed by atoms with Gasteiger partial charge in [0.05, 0.1) is 16.8 Å². The van der Waals surface area contributed by atoms with E-state index in [4.69, 9.17) is 10.5 Å². The first kappa shape index (κ1) is 29.4. The molecule has 2 aromatic heterocycles. The third kappa shape index (κ3) is 6.03. The molecule has 0 atom stereocenters. The van der Waals surface area contributed by atoms with E-state index in [1.807, 2.05) is 66.7 Å². The summed E-state index contributed by atoms with van der Waals surface area (Å²) in [6.07, 6.45) is 5.13. The molecule has 0 bridgehead atoms. The van der Waals surface area contributed by atoms with Crippen molar-refractivity contribution in [1.82, 2.24) is 9.97 Å². The van der Waals surface area contributed by atoms with Crippen molar-refractivity contribution in [2.24, 2.45) is 5.73 Å². The van der Waals surface area contributed by atoms with E-state index in [1.54, 1.807) is 0 Å². The minimum atomic E-state index is -1.04. The zero-order valence-corrected chi connectivity index (χ0v) is 26.3. The first-order chi connectivity index (χ1) is 21.9. The predicted octanol–water partition coefficient (Wildman–Crippen LogP) is 6.62. The Bertz CT molecular complexity index is 1850. The summed E-state index contributed by atoms with van der Waals surface area (Å²) < 4.78 is 6.96. The highest BCUT2D eigenvalue weighted by molar-refractivity contribution is 7.22. The van der Waals surface area contributed by atoms with Crippen molar-refractivity contribution in [2.45, 2.75) is 50.6 Å². The van der Waals surface area contributed by atoms with Gasteiger partial charge in [0.15, 0.2) is 16.0 Å². The number of nitrogens with two attached hydrogens (primary N) is 1. The van der Waals surface area contributed by atoms with Crippen molar-refractivity contribution in [2.75, 3.05) is 23.4 Å². The Morgan fingerprint density at radius 1 is 1.02 bits per heavy atom. The van der Waals surface area contributed by atoms with Crippen molar-refractivity contribution in [3.63, 3.8) is 0 Å². The quantitative estimate of drug-likeness (QED) is 0.146. The lowest BCUT2D eigenvalue weighted by molar-refractivity contribution is 0.0690. The maximum absolute atomic E-state index is 13.4. The molecule has 0 spiro atoms. The highest BCUT2D eigenvalue weighted by Crippen LogP contribution is 2.39. The van der Waals surface area contributed by atoms with Crippen LogP contribution in [0.4, 0.5) is 10.3 Å². The molecule has 0 unspecified atom stereocenters. The first-order valence-corrected chi connectivity index (χ1v) is 16.8. The molecule has 0 radical (unpaired) electrons. The topological polar surface area (TPSA) is 131 Å². The van der Waals surface area contributed by atoms with Crippen LogP contribution >= 0.6 is 22.7 Å². The monoisotopic (exact) mass is 639 g/mol. The fraction of sp³-hybridized carbons (Fsp3) is 0.294. The summed E-state index contributed by atoms with van der Waals surface area (Å²) in [5.41, 5.74) is 10.9. The summed E-state index contributed by atoms with van der Waals surface area (Å²) in [5.74, 6) is -0.469. The first-order valence-electron chi connectivity index (χ1n) is 15.1. The fourth-order valence-corrected chi connectivity index (χ4v) is 7.99. The van der Waals surface area contributed by atoms with Gasteiger partial charge in [-0.3, -0.25) is 10.1 Å². The van der Waals surface area contributed by atoms with E-state index in [-0.39, 0.29) is 17.1 Å². The van der Waals surface area contributed by atoms with Crippen LogP contribution in [-0.2, 0) is 24.9 Å². The number of carbonyl (C=O) groups is 2. The molecular weight excluding hydrogens is 607 g/mol. The van der Waals surface area contributed by atoms with Crippen molar-refractivity contribution in [1.29, 1.82) is 0 Å². The predicted molar refractivity (Wildman–Crippen MR) is 178 cm³/mol. The van der Waals surface area contributed by atoms with Gasteiger partial charge >= 0.3 is 5.97 Å². The number of aromatic nitrogens is 2. The van der Waals surface area contributed by atoms with E-state index in [0.717, 1.165) is 56.8 Å². The zero-order chi connectivity index (χ0) is 31.0. The van der Waals surface area contributed by atoms with Gasteiger partial charge in [0.1, 0.15) is 5.75 Å². The number of amides is 1. The lowest BCUT2D eigenvalue weighted by Gasteiger charge is -2.38. The lowest BCUT2D eigenvalue weighted by atomic mass is 9.73. The summed E-state index contributed by atoms with van der Waals surface area (Å²) in [4.78, 5) is 37.4.